The first-order valence-corrected chi connectivity index (χ1v) is 8.12. The largest absolute Gasteiger partial charge is 0.297 e. The van der Waals surface area contributed by atoms with E-state index in [1.165, 1.54) is 6.07 Å². The Morgan fingerprint density at radius 2 is 2.14 bits per heavy atom. The van der Waals surface area contributed by atoms with Crippen molar-refractivity contribution in [1.82, 2.24) is 4.90 Å². The predicted molar refractivity (Wildman–Crippen MR) is 81.5 cm³/mol. The number of Topliss-reactive ketones (excluding diaryl/α,β-unsaturated/α-hetero) is 1. The minimum Gasteiger partial charge on any atom is -0.297 e. The van der Waals surface area contributed by atoms with Gasteiger partial charge in [-0.2, -0.15) is 0 Å². The minimum atomic E-state index is -0.714. The van der Waals surface area contributed by atoms with Crippen LogP contribution in [-0.2, 0) is 10.3 Å². The topological polar surface area (TPSA) is 63.2 Å². The van der Waals surface area contributed by atoms with Crippen molar-refractivity contribution in [3.63, 3.8) is 0 Å². The zero-order valence-corrected chi connectivity index (χ0v) is 12.7. The molecule has 1 saturated carbocycles. The fourth-order valence-electron chi connectivity index (χ4n) is 5.24. The van der Waals surface area contributed by atoms with Crippen LogP contribution in [0, 0.1) is 15.5 Å². The van der Waals surface area contributed by atoms with Crippen LogP contribution in [0.2, 0.25) is 0 Å². The third-order valence-corrected chi connectivity index (χ3v) is 6.24. The first kappa shape index (κ1) is 13.9. The Kier molecular flexibility index (Phi) is 2.77. The Morgan fingerprint density at radius 1 is 1.36 bits per heavy atom. The van der Waals surface area contributed by atoms with Crippen molar-refractivity contribution in [3.8, 4) is 0 Å². The van der Waals surface area contributed by atoms with E-state index in [-0.39, 0.29) is 27.9 Å². The molecule has 0 N–H and O–H groups in total. The molecule has 5 nitrogen and oxygen atoms in total. The predicted octanol–water partition coefficient (Wildman–Crippen LogP) is 3.03. The molecule has 1 aromatic rings. The summed E-state index contributed by atoms with van der Waals surface area (Å²) in [6.45, 7) is 3.08. The Hall–Kier alpha value is -1.75. The summed E-state index contributed by atoms with van der Waals surface area (Å²) in [4.78, 5) is 26.2. The quantitative estimate of drug-likeness (QED) is 0.489. The molecule has 0 spiro atoms. The highest BCUT2D eigenvalue weighted by Gasteiger charge is 2.77. The second kappa shape index (κ2) is 4.38. The lowest BCUT2D eigenvalue weighted by Gasteiger charge is -2.38. The van der Waals surface area contributed by atoms with Crippen molar-refractivity contribution < 1.29 is 9.72 Å². The molecule has 1 aliphatic carbocycles. The van der Waals surface area contributed by atoms with Crippen molar-refractivity contribution in [2.24, 2.45) is 5.41 Å². The summed E-state index contributed by atoms with van der Waals surface area (Å²) >= 11 is 0. The molecule has 1 unspecified atom stereocenters. The molecule has 5 heteroatoms. The van der Waals surface area contributed by atoms with Gasteiger partial charge in [-0.25, -0.2) is 0 Å². The fourth-order valence-corrected chi connectivity index (χ4v) is 5.24. The summed E-state index contributed by atoms with van der Waals surface area (Å²) in [5.74, 6) is 0.178. The lowest BCUT2D eigenvalue weighted by molar-refractivity contribution is -0.385. The summed E-state index contributed by atoms with van der Waals surface area (Å²) in [6.07, 6.45) is 4.75. The molecule has 3 aliphatic rings. The van der Waals surface area contributed by atoms with Crippen LogP contribution in [0.3, 0.4) is 0 Å². The number of benzene rings is 1. The van der Waals surface area contributed by atoms with Gasteiger partial charge >= 0.3 is 0 Å². The molecular formula is C17H20N2O3. The minimum absolute atomic E-state index is 0.0946. The van der Waals surface area contributed by atoms with Gasteiger partial charge in [0.05, 0.1) is 10.5 Å². The number of hydrogen-bond acceptors (Lipinski definition) is 4. The number of carbonyl (C=O) groups is 1. The Balaban J connectivity index is 1.91. The lowest BCUT2D eigenvalue weighted by atomic mass is 9.63. The molecule has 0 amide bonds. The Morgan fingerprint density at radius 3 is 2.86 bits per heavy atom. The van der Waals surface area contributed by atoms with E-state index >= 15 is 0 Å². The van der Waals surface area contributed by atoms with Crippen LogP contribution >= 0.6 is 0 Å². The van der Waals surface area contributed by atoms with E-state index in [2.05, 4.69) is 11.8 Å². The SMILES string of the molecule is CC[C@@]12CCCN3[C@@H]1[C@@]3(c1ccccc1[N+](=O)[O-])C(=O)CC2. The maximum absolute atomic E-state index is 12.9. The fraction of sp³-hybridized carbons (Fsp3) is 0.588. The van der Waals surface area contributed by atoms with Crippen LogP contribution in [0.25, 0.3) is 0 Å². The number of fused-ring (bicyclic) bond motifs is 1. The number of nitro groups is 1. The molecule has 22 heavy (non-hydrogen) atoms. The van der Waals surface area contributed by atoms with Crippen molar-refractivity contribution in [2.75, 3.05) is 6.54 Å². The lowest BCUT2D eigenvalue weighted by Crippen LogP contribution is -2.41. The van der Waals surface area contributed by atoms with Crippen molar-refractivity contribution >= 4 is 11.5 Å². The number of carbonyl (C=O) groups excluding carboxylic acids is 1. The smallest absolute Gasteiger partial charge is 0.274 e. The summed E-state index contributed by atoms with van der Waals surface area (Å²) in [6, 6.07) is 6.99. The second-order valence-corrected chi connectivity index (χ2v) is 6.88. The molecule has 0 aromatic heterocycles. The van der Waals surface area contributed by atoms with Crippen LogP contribution in [0.1, 0.15) is 44.6 Å². The van der Waals surface area contributed by atoms with Gasteiger partial charge in [-0.05, 0) is 43.7 Å². The van der Waals surface area contributed by atoms with Crippen LogP contribution in [0.4, 0.5) is 5.69 Å². The molecule has 2 heterocycles. The van der Waals surface area contributed by atoms with Crippen molar-refractivity contribution in [2.45, 2.75) is 50.6 Å². The average Bonchev–Trinajstić information content (AvgIpc) is 3.24. The van der Waals surface area contributed by atoms with Gasteiger partial charge < -0.3 is 0 Å². The first-order chi connectivity index (χ1) is 10.6. The van der Waals surface area contributed by atoms with Gasteiger partial charge in [-0.1, -0.05) is 19.1 Å². The summed E-state index contributed by atoms with van der Waals surface area (Å²) < 4.78 is 0. The molecule has 2 saturated heterocycles. The standard InChI is InChI=1S/C17H20N2O3/c1-2-16-9-5-11-18-15(16)17(18,14(20)8-10-16)12-6-3-4-7-13(12)19(21)22/h3-4,6-7,15H,2,5,8-11H2,1H3/t15-,16-,17+,18?/m0/s1. The van der Waals surface area contributed by atoms with Gasteiger partial charge in [0.15, 0.2) is 5.78 Å². The second-order valence-electron chi connectivity index (χ2n) is 6.88. The van der Waals surface area contributed by atoms with E-state index in [9.17, 15) is 14.9 Å². The van der Waals surface area contributed by atoms with Gasteiger partial charge in [-0.3, -0.25) is 19.8 Å². The van der Waals surface area contributed by atoms with Crippen LogP contribution in [0.5, 0.6) is 0 Å². The maximum Gasteiger partial charge on any atom is 0.274 e. The molecule has 1 aromatic carbocycles. The highest BCUT2D eigenvalue weighted by atomic mass is 16.6. The Bertz CT molecular complexity index is 674. The van der Waals surface area contributed by atoms with Crippen LogP contribution in [-0.4, -0.2) is 28.2 Å². The molecule has 0 radical (unpaired) electrons. The molecular weight excluding hydrogens is 280 g/mol. The number of nitrogens with zero attached hydrogens (tertiary/aromatic N) is 2. The van der Waals surface area contributed by atoms with Gasteiger partial charge in [-0.15, -0.1) is 0 Å². The number of piperidine rings is 1. The number of nitro benzene ring substituents is 1. The maximum atomic E-state index is 12.9. The van der Waals surface area contributed by atoms with E-state index in [1.54, 1.807) is 12.1 Å². The number of hydrogen-bond donors (Lipinski definition) is 0. The van der Waals surface area contributed by atoms with Gasteiger partial charge in [0.2, 0.25) is 0 Å². The average molecular weight is 300 g/mol. The van der Waals surface area contributed by atoms with Crippen LogP contribution < -0.4 is 0 Å². The normalized spacial score (nSPS) is 39.2. The molecule has 4 rings (SSSR count). The van der Waals surface area contributed by atoms with Crippen molar-refractivity contribution in [1.29, 1.82) is 0 Å². The third-order valence-electron chi connectivity index (χ3n) is 6.24. The third kappa shape index (κ3) is 1.45. The van der Waals surface area contributed by atoms with Gasteiger partial charge in [0.25, 0.3) is 5.69 Å². The van der Waals surface area contributed by atoms with Gasteiger partial charge in [0.1, 0.15) is 5.54 Å². The van der Waals surface area contributed by atoms with Crippen LogP contribution in [0.15, 0.2) is 24.3 Å². The molecule has 4 atom stereocenters. The molecule has 3 fully saturated rings. The highest BCUT2D eigenvalue weighted by molar-refractivity contribution is 5.96. The van der Waals surface area contributed by atoms with E-state index < -0.39 is 5.54 Å². The molecule has 0 bridgehead atoms. The first-order valence-electron chi connectivity index (χ1n) is 8.12. The zero-order chi connectivity index (χ0) is 15.5. The van der Waals surface area contributed by atoms with E-state index in [1.807, 2.05) is 6.07 Å². The summed E-state index contributed by atoms with van der Waals surface area (Å²) in [5.41, 5.74) is 0.163. The summed E-state index contributed by atoms with van der Waals surface area (Å²) in [7, 11) is 0. The number of para-hydroxylation sites is 1. The Labute approximate surface area is 129 Å². The van der Waals surface area contributed by atoms with Gasteiger partial charge in [0, 0.05) is 18.5 Å². The molecule has 2 aliphatic heterocycles. The molecule has 116 valence electrons. The monoisotopic (exact) mass is 300 g/mol. The number of ketones is 1. The van der Waals surface area contributed by atoms with E-state index in [0.717, 1.165) is 32.2 Å². The summed E-state index contributed by atoms with van der Waals surface area (Å²) in [5, 5.41) is 11.4. The van der Waals surface area contributed by atoms with E-state index in [4.69, 9.17) is 0 Å². The van der Waals surface area contributed by atoms with E-state index in [0.29, 0.717) is 12.0 Å². The number of rotatable bonds is 3. The highest BCUT2D eigenvalue weighted by Crippen LogP contribution is 2.68. The zero-order valence-electron chi connectivity index (χ0n) is 12.7. The van der Waals surface area contributed by atoms with Crippen molar-refractivity contribution in [3.05, 3.63) is 39.9 Å².